The van der Waals surface area contributed by atoms with Crippen LogP contribution in [0.4, 0.5) is 18.9 Å². The molecule has 174 valence electrons. The van der Waals surface area contributed by atoms with Crippen molar-refractivity contribution in [3.8, 4) is 22.9 Å². The van der Waals surface area contributed by atoms with Crippen LogP contribution in [0.5, 0.6) is 5.75 Å². The summed E-state index contributed by atoms with van der Waals surface area (Å²) in [6, 6.07) is 11.0. The third-order valence-corrected chi connectivity index (χ3v) is 7.02. The first kappa shape index (κ1) is 23.6. The number of ether oxygens (including phenoxy) is 1. The number of nitrogens with zero attached hydrogens (tertiary/aromatic N) is 1. The molecule has 0 saturated carbocycles. The summed E-state index contributed by atoms with van der Waals surface area (Å²) in [6.45, 7) is -0.315. The van der Waals surface area contributed by atoms with Crippen molar-refractivity contribution in [2.75, 3.05) is 4.72 Å². The van der Waals surface area contributed by atoms with Gasteiger partial charge in [-0.1, -0.05) is 12.1 Å². The van der Waals surface area contributed by atoms with E-state index in [4.69, 9.17) is 4.74 Å². The molecule has 7 nitrogen and oxygen atoms in total. The molecule has 0 radical (unpaired) electrons. The molecule has 3 aromatic rings. The number of nitrogens with one attached hydrogen (secondary N) is 1. The van der Waals surface area contributed by atoms with Gasteiger partial charge in [0.05, 0.1) is 32.9 Å². The lowest BCUT2D eigenvalue weighted by molar-refractivity contribution is -0.136. The van der Waals surface area contributed by atoms with Crippen LogP contribution in [-0.2, 0) is 27.5 Å². The van der Waals surface area contributed by atoms with Crippen LogP contribution in [0, 0.1) is 11.3 Å². The molecule has 12 heteroatoms. The van der Waals surface area contributed by atoms with Crippen molar-refractivity contribution in [3.05, 3.63) is 75.3 Å². The number of hydrogen-bond donors (Lipinski definition) is 2. The molecule has 0 atom stereocenters. The number of carbonyl (C=O) groups is 1. The minimum atomic E-state index is -4.91. The Bertz CT molecular complexity index is 1500. The number of halogens is 4. The molecule has 0 fully saturated rings. The lowest BCUT2D eigenvalue weighted by Crippen LogP contribution is -2.18. The maximum Gasteiger partial charge on any atom is 0.418 e. The third-order valence-electron chi connectivity index (χ3n) is 5.03. The average molecular weight is 553 g/mol. The van der Waals surface area contributed by atoms with Crippen LogP contribution in [0.3, 0.4) is 0 Å². The Balaban J connectivity index is 2.04. The number of anilines is 1. The van der Waals surface area contributed by atoms with Gasteiger partial charge in [0, 0.05) is 0 Å². The van der Waals surface area contributed by atoms with Gasteiger partial charge >= 0.3 is 12.1 Å². The number of rotatable bonds is 0. The number of sulfonamides is 1. The number of phenolic OH excluding ortho intramolecular Hbond substituents is 1. The molecule has 1 aliphatic heterocycles. The van der Waals surface area contributed by atoms with E-state index in [1.165, 1.54) is 18.2 Å². The average Bonchev–Trinajstić information content (AvgIpc) is 2.77. The van der Waals surface area contributed by atoms with Gasteiger partial charge in [-0.2, -0.15) is 18.4 Å². The molecule has 4 bridgehead atoms. The van der Waals surface area contributed by atoms with E-state index in [0.717, 1.165) is 24.3 Å². The third kappa shape index (κ3) is 4.32. The second-order valence-corrected chi connectivity index (χ2v) is 9.73. The maximum atomic E-state index is 13.7. The number of phenols is 1. The molecule has 0 spiro atoms. The van der Waals surface area contributed by atoms with Crippen molar-refractivity contribution in [3.63, 3.8) is 0 Å². The minimum Gasteiger partial charge on any atom is -0.505 e. The molecule has 0 aliphatic carbocycles. The fourth-order valence-corrected chi connectivity index (χ4v) is 5.21. The molecule has 2 N–H and O–H groups in total. The van der Waals surface area contributed by atoms with Gasteiger partial charge in [-0.05, 0) is 69.0 Å². The van der Waals surface area contributed by atoms with Gasteiger partial charge in [-0.25, -0.2) is 13.2 Å². The molecule has 0 saturated heterocycles. The van der Waals surface area contributed by atoms with Crippen molar-refractivity contribution in [2.45, 2.75) is 17.7 Å². The summed E-state index contributed by atoms with van der Waals surface area (Å²) >= 11 is 2.95. The number of carbonyl (C=O) groups excluding carboxylic acids is 1. The van der Waals surface area contributed by atoms with E-state index in [2.05, 4.69) is 15.9 Å². The van der Waals surface area contributed by atoms with Crippen LogP contribution >= 0.6 is 15.9 Å². The van der Waals surface area contributed by atoms with E-state index in [0.29, 0.717) is 11.6 Å². The largest absolute Gasteiger partial charge is 0.505 e. The van der Waals surface area contributed by atoms with E-state index in [9.17, 15) is 36.8 Å². The SMILES string of the molecule is N#Cc1ccc2c(c1)-c1ccc(C(F)(F)F)c(c1)NS(=O)(=O)c1cc(cc(Br)c1O)C(=O)OC2. The highest BCUT2D eigenvalue weighted by Crippen LogP contribution is 2.41. The van der Waals surface area contributed by atoms with Gasteiger partial charge in [0.2, 0.25) is 0 Å². The normalized spacial score (nSPS) is 14.9. The number of esters is 1. The summed E-state index contributed by atoms with van der Waals surface area (Å²) in [5.41, 5.74) is -1.35. The van der Waals surface area contributed by atoms with Crippen LogP contribution in [0.25, 0.3) is 11.1 Å². The zero-order valence-electron chi connectivity index (χ0n) is 16.8. The molecule has 4 rings (SSSR count). The van der Waals surface area contributed by atoms with Gasteiger partial charge in [-0.15, -0.1) is 0 Å². The number of alkyl halides is 3. The Labute approximate surface area is 199 Å². The lowest BCUT2D eigenvalue weighted by Gasteiger charge is -2.17. The van der Waals surface area contributed by atoms with E-state index < -0.39 is 44.1 Å². The Hall–Kier alpha value is -3.56. The fourth-order valence-electron chi connectivity index (χ4n) is 3.41. The standard InChI is InChI=1S/C22H12BrF3N2O5S/c23-17-6-14-8-19(20(17)29)34(31,32)28-18-7-12(3-4-16(18)22(24,25)26)15-5-11(9-27)1-2-13(15)10-33-21(14)30/h1-8,28-29H,10H2. The van der Waals surface area contributed by atoms with Crippen LogP contribution < -0.4 is 4.72 Å². The Kier molecular flexibility index (Phi) is 5.79. The summed E-state index contributed by atoms with van der Waals surface area (Å²) in [4.78, 5) is 11.8. The van der Waals surface area contributed by atoms with Gasteiger partial charge in [-0.3, -0.25) is 4.72 Å². The topological polar surface area (TPSA) is 116 Å². The highest BCUT2D eigenvalue weighted by atomic mass is 79.9. The van der Waals surface area contributed by atoms with Gasteiger partial charge in [0.1, 0.15) is 17.3 Å². The first-order valence-corrected chi connectivity index (χ1v) is 11.7. The van der Waals surface area contributed by atoms with Gasteiger partial charge in [0.15, 0.2) is 0 Å². The molecule has 0 unspecified atom stereocenters. The molecular weight excluding hydrogens is 541 g/mol. The summed E-state index contributed by atoms with van der Waals surface area (Å²) in [5, 5.41) is 19.5. The van der Waals surface area contributed by atoms with Crippen LogP contribution in [0.15, 0.2) is 57.9 Å². The zero-order valence-corrected chi connectivity index (χ0v) is 19.2. The predicted molar refractivity (Wildman–Crippen MR) is 117 cm³/mol. The smallest absolute Gasteiger partial charge is 0.418 e. The number of hydrogen-bond acceptors (Lipinski definition) is 6. The van der Waals surface area contributed by atoms with Crippen molar-refractivity contribution in [1.82, 2.24) is 0 Å². The minimum absolute atomic E-state index is 0.144. The number of cyclic esters (lactones) is 1. The molecule has 1 heterocycles. The van der Waals surface area contributed by atoms with Crippen molar-refractivity contribution < 1.29 is 36.2 Å². The summed E-state index contributed by atoms with van der Waals surface area (Å²) < 4.78 is 74.1. The second-order valence-electron chi connectivity index (χ2n) is 7.23. The Morgan fingerprint density at radius 1 is 1.09 bits per heavy atom. The second kappa shape index (κ2) is 8.34. The van der Waals surface area contributed by atoms with Crippen molar-refractivity contribution in [1.29, 1.82) is 5.26 Å². The zero-order chi connectivity index (χ0) is 24.8. The monoisotopic (exact) mass is 552 g/mol. The first-order chi connectivity index (χ1) is 15.9. The Morgan fingerprint density at radius 3 is 2.50 bits per heavy atom. The highest BCUT2D eigenvalue weighted by molar-refractivity contribution is 9.10. The van der Waals surface area contributed by atoms with Crippen molar-refractivity contribution >= 4 is 37.6 Å². The molecule has 0 amide bonds. The van der Waals surface area contributed by atoms with Crippen molar-refractivity contribution in [2.24, 2.45) is 0 Å². The lowest BCUT2D eigenvalue weighted by atomic mass is 9.96. The molecule has 1 aliphatic rings. The maximum absolute atomic E-state index is 13.7. The number of aromatic hydroxyl groups is 1. The quantitative estimate of drug-likeness (QED) is 0.371. The number of fused-ring (bicyclic) bond motifs is 6. The molecular formula is C22H12BrF3N2O5S. The van der Waals surface area contributed by atoms with E-state index in [-0.39, 0.29) is 33.3 Å². The van der Waals surface area contributed by atoms with E-state index >= 15 is 0 Å². The summed E-state index contributed by atoms with van der Waals surface area (Å²) in [5.74, 6) is -1.74. The van der Waals surface area contributed by atoms with Crippen LogP contribution in [0.1, 0.15) is 27.0 Å². The fraction of sp³-hybridized carbons (Fsp3) is 0.0909. The van der Waals surface area contributed by atoms with Gasteiger partial charge in [0.25, 0.3) is 10.0 Å². The first-order valence-electron chi connectivity index (χ1n) is 9.38. The van der Waals surface area contributed by atoms with E-state index in [1.807, 2.05) is 10.8 Å². The highest BCUT2D eigenvalue weighted by Gasteiger charge is 2.36. The number of benzene rings is 3. The molecule has 34 heavy (non-hydrogen) atoms. The van der Waals surface area contributed by atoms with E-state index in [1.54, 1.807) is 0 Å². The predicted octanol–water partition coefficient (Wildman–Crippen LogP) is 5.18. The molecule has 3 aromatic carbocycles. The van der Waals surface area contributed by atoms with Crippen LogP contribution in [-0.4, -0.2) is 19.5 Å². The summed E-state index contributed by atoms with van der Waals surface area (Å²) in [7, 11) is -4.80. The summed E-state index contributed by atoms with van der Waals surface area (Å²) in [6.07, 6.45) is -4.91. The molecule has 0 aromatic heterocycles. The Morgan fingerprint density at radius 2 is 1.82 bits per heavy atom. The number of nitriles is 1. The van der Waals surface area contributed by atoms with Gasteiger partial charge < -0.3 is 9.84 Å². The van der Waals surface area contributed by atoms with Crippen LogP contribution in [0.2, 0.25) is 0 Å².